The fraction of sp³-hybridized carbons (Fsp3) is 1.00. The third-order valence-electron chi connectivity index (χ3n) is 1.02. The Balaban J connectivity index is 3.46. The second-order valence-corrected chi connectivity index (χ2v) is 2.55. The van der Waals surface area contributed by atoms with Gasteiger partial charge in [0.05, 0.1) is 0 Å². The molecule has 0 fully saturated rings. The number of rotatable bonds is 2. The first kappa shape index (κ1) is 7.92. The van der Waals surface area contributed by atoms with Gasteiger partial charge in [-0.05, 0) is 27.7 Å². The molecule has 0 N–H and O–H groups in total. The van der Waals surface area contributed by atoms with Crippen LogP contribution in [0.25, 0.3) is 0 Å². The second-order valence-electron chi connectivity index (χ2n) is 2.55. The Hall–Kier alpha value is -0.0800. The van der Waals surface area contributed by atoms with Gasteiger partial charge in [-0.15, -0.1) is 5.21 Å². The Morgan fingerprint density at radius 3 is 1.25 bits per heavy atom. The maximum atomic E-state index is 10.8. The van der Waals surface area contributed by atoms with E-state index in [1.54, 1.807) is 0 Å². The van der Waals surface area contributed by atoms with E-state index in [1.165, 1.54) is 0 Å². The summed E-state index contributed by atoms with van der Waals surface area (Å²) in [4.78, 5) is 0. The average Bonchev–Trinajstić information content (AvgIpc) is 1.64. The molecule has 1 radical (unpaired) electrons. The summed E-state index contributed by atoms with van der Waals surface area (Å²) in [5.74, 6) is 0. The number of hydrogen-bond acceptors (Lipinski definition) is 1. The van der Waals surface area contributed by atoms with E-state index in [2.05, 4.69) is 0 Å². The van der Waals surface area contributed by atoms with E-state index in [1.807, 2.05) is 27.7 Å². The van der Waals surface area contributed by atoms with Crippen LogP contribution in [0.3, 0.4) is 0 Å². The van der Waals surface area contributed by atoms with E-state index in [0.29, 0.717) is 0 Å². The standard InChI is InChI=1S/C6H14NO/c1-5(2)7(8)6(3)4/h5-6H,1-4H3. The van der Waals surface area contributed by atoms with Crippen molar-refractivity contribution < 1.29 is 5.21 Å². The summed E-state index contributed by atoms with van der Waals surface area (Å²) in [6, 6.07) is 0.241. The highest BCUT2D eigenvalue weighted by Crippen LogP contribution is 1.98. The Labute approximate surface area is 51.1 Å². The molecule has 2 heteroatoms. The van der Waals surface area contributed by atoms with Crippen LogP contribution in [0.2, 0.25) is 0 Å². The molecule has 0 atom stereocenters. The van der Waals surface area contributed by atoms with E-state index in [9.17, 15) is 5.21 Å². The van der Waals surface area contributed by atoms with Gasteiger partial charge in [-0.3, -0.25) is 0 Å². The number of nitrogens with zero attached hydrogens (tertiary/aromatic N) is 1. The van der Waals surface area contributed by atoms with E-state index >= 15 is 0 Å². The third-order valence-corrected chi connectivity index (χ3v) is 1.02. The minimum absolute atomic E-state index is 0.120. The third kappa shape index (κ3) is 2.28. The number of hydrogen-bond donors (Lipinski definition) is 0. The molecule has 49 valence electrons. The molecule has 0 saturated heterocycles. The Kier molecular flexibility index (Phi) is 3.02. The Morgan fingerprint density at radius 2 is 1.25 bits per heavy atom. The predicted octanol–water partition coefficient (Wildman–Crippen LogP) is 1.45. The topological polar surface area (TPSA) is 23.1 Å². The lowest BCUT2D eigenvalue weighted by Crippen LogP contribution is -2.31. The van der Waals surface area contributed by atoms with Crippen LogP contribution in [0.15, 0.2) is 0 Å². The average molecular weight is 116 g/mol. The molecule has 0 aromatic rings. The van der Waals surface area contributed by atoms with E-state index in [0.717, 1.165) is 5.06 Å². The molecule has 0 aromatic heterocycles. The van der Waals surface area contributed by atoms with Gasteiger partial charge in [0.2, 0.25) is 0 Å². The molecule has 0 aliphatic rings. The van der Waals surface area contributed by atoms with Crippen molar-refractivity contribution in [3.8, 4) is 0 Å². The fourth-order valence-corrected chi connectivity index (χ4v) is 0.596. The molecule has 0 aromatic carbocycles. The van der Waals surface area contributed by atoms with Crippen LogP contribution in [-0.4, -0.2) is 17.1 Å². The van der Waals surface area contributed by atoms with Crippen LogP contribution in [0.4, 0.5) is 0 Å². The van der Waals surface area contributed by atoms with Crippen molar-refractivity contribution in [2.24, 2.45) is 0 Å². The highest BCUT2D eigenvalue weighted by atomic mass is 16.5. The zero-order chi connectivity index (χ0) is 6.73. The first-order valence-electron chi connectivity index (χ1n) is 3.01. The monoisotopic (exact) mass is 116 g/mol. The van der Waals surface area contributed by atoms with Crippen molar-refractivity contribution in [3.05, 3.63) is 0 Å². The minimum atomic E-state index is 0.120. The molecule has 0 rings (SSSR count). The van der Waals surface area contributed by atoms with Gasteiger partial charge in [-0.2, -0.15) is 5.06 Å². The Morgan fingerprint density at radius 1 is 1.00 bits per heavy atom. The zero-order valence-electron chi connectivity index (χ0n) is 6.01. The van der Waals surface area contributed by atoms with Crippen molar-refractivity contribution in [1.29, 1.82) is 0 Å². The van der Waals surface area contributed by atoms with Gasteiger partial charge in [-0.1, -0.05) is 0 Å². The summed E-state index contributed by atoms with van der Waals surface area (Å²) in [7, 11) is 0. The first-order chi connectivity index (χ1) is 3.55. The summed E-state index contributed by atoms with van der Waals surface area (Å²) >= 11 is 0. The minimum Gasteiger partial charge on any atom is -0.150 e. The number of hydroxylamine groups is 2. The van der Waals surface area contributed by atoms with Gasteiger partial charge in [0.25, 0.3) is 0 Å². The lowest BCUT2D eigenvalue weighted by molar-refractivity contribution is -0.200. The van der Waals surface area contributed by atoms with Crippen molar-refractivity contribution >= 4 is 0 Å². The lowest BCUT2D eigenvalue weighted by atomic mass is 10.3. The highest BCUT2D eigenvalue weighted by molar-refractivity contribution is 4.54. The molecule has 0 aliphatic heterocycles. The Bertz CT molecular complexity index is 53.5. The maximum absolute atomic E-state index is 10.8. The summed E-state index contributed by atoms with van der Waals surface area (Å²) < 4.78 is 0. The normalized spacial score (nSPS) is 12.0. The van der Waals surface area contributed by atoms with Crippen LogP contribution in [0.5, 0.6) is 0 Å². The van der Waals surface area contributed by atoms with Crippen LogP contribution in [-0.2, 0) is 5.21 Å². The molecule has 0 amide bonds. The van der Waals surface area contributed by atoms with Gasteiger partial charge in [0, 0.05) is 12.1 Å². The van der Waals surface area contributed by atoms with Gasteiger partial charge >= 0.3 is 0 Å². The van der Waals surface area contributed by atoms with Gasteiger partial charge in [0.1, 0.15) is 0 Å². The van der Waals surface area contributed by atoms with Crippen molar-refractivity contribution in [2.45, 2.75) is 39.8 Å². The summed E-state index contributed by atoms with van der Waals surface area (Å²) in [6.07, 6.45) is 0. The molecule has 0 saturated carbocycles. The van der Waals surface area contributed by atoms with E-state index in [-0.39, 0.29) is 12.1 Å². The van der Waals surface area contributed by atoms with Gasteiger partial charge in [0.15, 0.2) is 0 Å². The van der Waals surface area contributed by atoms with Crippen molar-refractivity contribution in [3.63, 3.8) is 0 Å². The van der Waals surface area contributed by atoms with E-state index in [4.69, 9.17) is 0 Å². The van der Waals surface area contributed by atoms with Crippen molar-refractivity contribution in [2.75, 3.05) is 0 Å². The highest BCUT2D eigenvalue weighted by Gasteiger charge is 2.09. The molecular formula is C6H14NO. The van der Waals surface area contributed by atoms with Gasteiger partial charge < -0.3 is 0 Å². The largest absolute Gasteiger partial charge is 0.150 e. The summed E-state index contributed by atoms with van der Waals surface area (Å²) in [5.41, 5.74) is 0. The van der Waals surface area contributed by atoms with Crippen LogP contribution >= 0.6 is 0 Å². The summed E-state index contributed by atoms with van der Waals surface area (Å²) in [5, 5.41) is 11.8. The molecule has 2 nitrogen and oxygen atoms in total. The lowest BCUT2D eigenvalue weighted by Gasteiger charge is -2.19. The molecule has 0 unspecified atom stereocenters. The fourth-order valence-electron chi connectivity index (χ4n) is 0.596. The molecule has 0 bridgehead atoms. The molecule has 0 aliphatic carbocycles. The molecular weight excluding hydrogens is 102 g/mol. The molecule has 8 heavy (non-hydrogen) atoms. The van der Waals surface area contributed by atoms with Crippen molar-refractivity contribution in [1.82, 2.24) is 5.06 Å². The molecule has 0 heterocycles. The summed E-state index contributed by atoms with van der Waals surface area (Å²) in [6.45, 7) is 7.58. The van der Waals surface area contributed by atoms with Crippen LogP contribution in [0, 0.1) is 0 Å². The predicted molar refractivity (Wildman–Crippen MR) is 32.8 cm³/mol. The SMILES string of the molecule is CC(C)N([O])C(C)C. The smallest absolute Gasteiger partial charge is 0.0330 e. The van der Waals surface area contributed by atoms with E-state index < -0.39 is 0 Å². The quantitative estimate of drug-likeness (QED) is 0.501. The first-order valence-corrected chi connectivity index (χ1v) is 3.01. The van der Waals surface area contributed by atoms with Gasteiger partial charge in [-0.25, -0.2) is 0 Å². The van der Waals surface area contributed by atoms with Crippen LogP contribution < -0.4 is 0 Å². The zero-order valence-corrected chi connectivity index (χ0v) is 6.01. The maximum Gasteiger partial charge on any atom is 0.0330 e. The second kappa shape index (κ2) is 3.05. The van der Waals surface area contributed by atoms with Crippen LogP contribution in [0.1, 0.15) is 27.7 Å². The molecule has 0 spiro atoms.